The molecule has 0 unspecified atom stereocenters. The number of hydrogen-bond donors (Lipinski definition) is 3. The smallest absolute Gasteiger partial charge is 0.231 e. The van der Waals surface area contributed by atoms with Gasteiger partial charge in [-0.3, -0.25) is 9.36 Å². The third kappa shape index (κ3) is 3.30. The number of aromatic nitrogens is 2. The molecule has 3 heterocycles. The van der Waals surface area contributed by atoms with Crippen LogP contribution in [-0.4, -0.2) is 32.7 Å². The van der Waals surface area contributed by atoms with Crippen molar-refractivity contribution in [1.29, 1.82) is 0 Å². The highest BCUT2D eigenvalue weighted by Crippen LogP contribution is 2.38. The highest BCUT2D eigenvalue weighted by Gasteiger charge is 2.26. The van der Waals surface area contributed by atoms with Crippen LogP contribution in [0, 0.1) is 0 Å². The minimum atomic E-state index is -0.187. The van der Waals surface area contributed by atoms with Gasteiger partial charge in [0.05, 0.1) is 17.3 Å². The van der Waals surface area contributed by atoms with Crippen molar-refractivity contribution in [2.75, 3.05) is 5.32 Å². The molecular formula is C24H28N4O2. The van der Waals surface area contributed by atoms with Gasteiger partial charge in [0.1, 0.15) is 5.82 Å². The number of para-hydroxylation sites is 1. The third-order valence-corrected chi connectivity index (χ3v) is 6.52. The summed E-state index contributed by atoms with van der Waals surface area (Å²) < 4.78 is 1.89. The molecular weight excluding hydrogens is 376 g/mol. The van der Waals surface area contributed by atoms with E-state index < -0.39 is 0 Å². The maximum atomic E-state index is 12.7. The van der Waals surface area contributed by atoms with Crippen LogP contribution in [0.5, 0.6) is 0 Å². The van der Waals surface area contributed by atoms with E-state index in [-0.39, 0.29) is 12.0 Å². The third-order valence-electron chi connectivity index (χ3n) is 6.52. The van der Waals surface area contributed by atoms with Gasteiger partial charge < -0.3 is 16.2 Å². The second-order valence-electron chi connectivity index (χ2n) is 8.48. The molecule has 4 N–H and O–H groups in total. The zero-order chi connectivity index (χ0) is 20.7. The lowest BCUT2D eigenvalue weighted by atomic mass is 9.93. The highest BCUT2D eigenvalue weighted by molar-refractivity contribution is 6.04. The van der Waals surface area contributed by atoms with Crippen molar-refractivity contribution >= 4 is 22.6 Å². The van der Waals surface area contributed by atoms with E-state index in [2.05, 4.69) is 11.4 Å². The van der Waals surface area contributed by atoms with Crippen molar-refractivity contribution in [3.8, 4) is 11.3 Å². The molecule has 6 nitrogen and oxygen atoms in total. The Morgan fingerprint density at radius 2 is 1.90 bits per heavy atom. The van der Waals surface area contributed by atoms with Gasteiger partial charge in [-0.2, -0.15) is 0 Å². The molecule has 2 aliphatic rings. The Kier molecular flexibility index (Phi) is 5.05. The summed E-state index contributed by atoms with van der Waals surface area (Å²) in [6.45, 7) is 0.415. The van der Waals surface area contributed by atoms with Crippen molar-refractivity contribution in [2.45, 2.75) is 63.6 Å². The number of fused-ring (bicyclic) bond motifs is 3. The van der Waals surface area contributed by atoms with E-state index in [9.17, 15) is 9.90 Å². The summed E-state index contributed by atoms with van der Waals surface area (Å²) in [6.07, 6.45) is 5.63. The second-order valence-corrected chi connectivity index (χ2v) is 8.48. The quantitative estimate of drug-likeness (QED) is 0.614. The molecule has 1 saturated carbocycles. The number of benzene rings is 1. The molecule has 6 heteroatoms. The van der Waals surface area contributed by atoms with Gasteiger partial charge in [0.25, 0.3) is 0 Å². The number of pyridine rings is 1. The van der Waals surface area contributed by atoms with Gasteiger partial charge >= 0.3 is 0 Å². The van der Waals surface area contributed by atoms with E-state index in [1.807, 2.05) is 34.9 Å². The van der Waals surface area contributed by atoms with Crippen molar-refractivity contribution in [2.24, 2.45) is 5.73 Å². The van der Waals surface area contributed by atoms with Crippen LogP contribution in [-0.2, 0) is 13.0 Å². The number of aliphatic hydroxyl groups excluding tert-OH is 1. The first-order valence-electron chi connectivity index (χ1n) is 11.0. The van der Waals surface area contributed by atoms with E-state index in [1.165, 1.54) is 0 Å². The fraction of sp³-hybridized carbons (Fsp3) is 0.417. The number of carbonyl (C=O) groups excluding carboxylic acids is 1. The van der Waals surface area contributed by atoms with Crippen LogP contribution in [0.15, 0.2) is 36.4 Å². The summed E-state index contributed by atoms with van der Waals surface area (Å²) in [5, 5.41) is 14.5. The molecule has 1 aliphatic heterocycles. The van der Waals surface area contributed by atoms with E-state index in [0.29, 0.717) is 19.0 Å². The number of nitrogens with two attached hydrogens (primary N) is 1. The molecule has 0 atom stereocenters. The average molecular weight is 405 g/mol. The van der Waals surface area contributed by atoms with Gasteiger partial charge in [0.15, 0.2) is 0 Å². The van der Waals surface area contributed by atoms with Gasteiger partial charge in [-0.05, 0) is 50.7 Å². The number of carbonyl (C=O) groups is 1. The first-order valence-corrected chi connectivity index (χ1v) is 11.0. The molecule has 0 spiro atoms. The lowest BCUT2D eigenvalue weighted by molar-refractivity contribution is 0.0890. The molecule has 0 amide bonds. The van der Waals surface area contributed by atoms with Crippen LogP contribution < -0.4 is 11.1 Å². The molecule has 0 bridgehead atoms. The molecule has 5 rings (SSSR count). The highest BCUT2D eigenvalue weighted by atomic mass is 16.3. The fourth-order valence-corrected chi connectivity index (χ4v) is 4.95. The van der Waals surface area contributed by atoms with Crippen LogP contribution in [0.25, 0.3) is 22.2 Å². The standard InChI is InChI=1S/C24H28N4O2/c25-14-15-8-13-19(27-24(15)26-16-9-11-17(29)12-10-16)23-18-4-1-2-5-20(18)28-21(23)6-3-7-22(28)30/h1-2,4-5,8,13,16-17,29H,3,6-7,9-12,14,25H2,(H,26,27). The number of nitrogens with one attached hydrogen (secondary N) is 1. The largest absolute Gasteiger partial charge is 0.393 e. The van der Waals surface area contributed by atoms with Gasteiger partial charge in [-0.15, -0.1) is 0 Å². The Bertz CT molecular complexity index is 1100. The molecule has 0 radical (unpaired) electrons. The maximum absolute atomic E-state index is 12.7. The first-order chi connectivity index (χ1) is 14.7. The van der Waals surface area contributed by atoms with E-state index >= 15 is 0 Å². The normalized spacial score (nSPS) is 21.6. The predicted molar refractivity (Wildman–Crippen MR) is 119 cm³/mol. The molecule has 0 saturated heterocycles. The predicted octanol–water partition coefficient (Wildman–Crippen LogP) is 3.85. The van der Waals surface area contributed by atoms with Crippen LogP contribution in [0.2, 0.25) is 0 Å². The van der Waals surface area contributed by atoms with Crippen LogP contribution >= 0.6 is 0 Å². The van der Waals surface area contributed by atoms with E-state index in [0.717, 1.165) is 77.8 Å². The number of anilines is 1. The monoisotopic (exact) mass is 404 g/mol. The van der Waals surface area contributed by atoms with E-state index in [1.54, 1.807) is 0 Å². The van der Waals surface area contributed by atoms with Crippen molar-refractivity contribution in [3.05, 3.63) is 47.7 Å². The first kappa shape index (κ1) is 19.3. The van der Waals surface area contributed by atoms with E-state index in [4.69, 9.17) is 10.7 Å². The number of rotatable bonds is 4. The summed E-state index contributed by atoms with van der Waals surface area (Å²) in [5.74, 6) is 0.985. The number of nitrogens with zero attached hydrogens (tertiary/aromatic N) is 2. The zero-order valence-electron chi connectivity index (χ0n) is 17.1. The maximum Gasteiger partial charge on any atom is 0.231 e. The Labute approximate surface area is 176 Å². The Morgan fingerprint density at radius 1 is 1.10 bits per heavy atom. The summed E-state index contributed by atoms with van der Waals surface area (Å²) in [6, 6.07) is 12.5. The molecule has 156 valence electrons. The minimum absolute atomic E-state index is 0.163. The summed E-state index contributed by atoms with van der Waals surface area (Å²) in [7, 11) is 0. The fourth-order valence-electron chi connectivity index (χ4n) is 4.95. The van der Waals surface area contributed by atoms with Crippen molar-refractivity contribution in [3.63, 3.8) is 0 Å². The van der Waals surface area contributed by atoms with Crippen molar-refractivity contribution in [1.82, 2.24) is 9.55 Å². The average Bonchev–Trinajstić information content (AvgIpc) is 3.11. The Morgan fingerprint density at radius 3 is 2.70 bits per heavy atom. The second kappa shape index (κ2) is 7.85. The van der Waals surface area contributed by atoms with Gasteiger partial charge in [0, 0.05) is 41.2 Å². The summed E-state index contributed by atoms with van der Waals surface area (Å²) >= 11 is 0. The molecule has 1 aliphatic carbocycles. The van der Waals surface area contributed by atoms with Crippen LogP contribution in [0.1, 0.15) is 54.6 Å². The van der Waals surface area contributed by atoms with Crippen LogP contribution in [0.4, 0.5) is 5.82 Å². The Balaban J connectivity index is 1.60. The minimum Gasteiger partial charge on any atom is -0.393 e. The molecule has 2 aromatic heterocycles. The van der Waals surface area contributed by atoms with Crippen LogP contribution in [0.3, 0.4) is 0 Å². The van der Waals surface area contributed by atoms with Gasteiger partial charge in [-0.25, -0.2) is 4.98 Å². The van der Waals surface area contributed by atoms with Gasteiger partial charge in [0.2, 0.25) is 5.91 Å². The SMILES string of the molecule is NCc1ccc(-c2c3n(c4ccccc24)C(=O)CCC3)nc1NC1CCC(O)CC1. The molecule has 1 fully saturated rings. The lowest BCUT2D eigenvalue weighted by Gasteiger charge is -2.27. The molecule has 30 heavy (non-hydrogen) atoms. The lowest BCUT2D eigenvalue weighted by Crippen LogP contribution is -2.29. The van der Waals surface area contributed by atoms with Crippen molar-refractivity contribution < 1.29 is 9.90 Å². The number of hydrogen-bond acceptors (Lipinski definition) is 5. The number of aliphatic hydroxyl groups is 1. The van der Waals surface area contributed by atoms with Gasteiger partial charge in [-0.1, -0.05) is 24.3 Å². The zero-order valence-corrected chi connectivity index (χ0v) is 17.1. The Hall–Kier alpha value is -2.70. The topological polar surface area (TPSA) is 93.2 Å². The molecule has 3 aromatic rings. The summed E-state index contributed by atoms with van der Waals surface area (Å²) in [4.78, 5) is 17.7. The molecule has 1 aromatic carbocycles. The summed E-state index contributed by atoms with van der Waals surface area (Å²) in [5.41, 5.74) is 10.9.